The number of anilines is 1. The summed E-state index contributed by atoms with van der Waals surface area (Å²) in [6, 6.07) is 30.4. The summed E-state index contributed by atoms with van der Waals surface area (Å²) in [6.45, 7) is 4.20. The van der Waals surface area contributed by atoms with Gasteiger partial charge in [0.05, 0.1) is 33.4 Å². The van der Waals surface area contributed by atoms with E-state index in [0.717, 1.165) is 43.8 Å². The van der Waals surface area contributed by atoms with Crippen LogP contribution in [0.4, 0.5) is 11.4 Å². The van der Waals surface area contributed by atoms with Crippen molar-refractivity contribution in [1.82, 2.24) is 14.9 Å². The van der Waals surface area contributed by atoms with Crippen molar-refractivity contribution in [3.05, 3.63) is 141 Å². The normalized spacial score (nSPS) is 16.5. The SMILES string of the molecule is Cc1cc([C@H]2[C@@H](c3ccccn3)NC(=S)N2c2ccc(Sc3ccc([N+](=O)[O-])cc3)cc2)c(C)n1-c1ccccc1Cl. The molecule has 0 saturated carbocycles. The molecule has 0 unspecified atom stereocenters. The largest absolute Gasteiger partial charge is 0.351 e. The van der Waals surface area contributed by atoms with Crippen LogP contribution in [0, 0.1) is 24.0 Å². The van der Waals surface area contributed by atoms with E-state index in [2.05, 4.69) is 51.8 Å². The molecule has 210 valence electrons. The van der Waals surface area contributed by atoms with Gasteiger partial charge in [-0.15, -0.1) is 0 Å². The summed E-state index contributed by atoms with van der Waals surface area (Å²) < 4.78 is 2.19. The molecule has 0 spiro atoms. The summed E-state index contributed by atoms with van der Waals surface area (Å²) in [5.74, 6) is 0. The van der Waals surface area contributed by atoms with E-state index < -0.39 is 4.92 Å². The van der Waals surface area contributed by atoms with Crippen LogP contribution >= 0.6 is 35.6 Å². The number of nitrogens with zero attached hydrogens (tertiary/aromatic N) is 4. The average Bonchev–Trinajstić information content (AvgIpc) is 3.49. The molecule has 0 bridgehead atoms. The topological polar surface area (TPSA) is 76.2 Å². The van der Waals surface area contributed by atoms with Gasteiger partial charge in [0.15, 0.2) is 5.11 Å². The molecule has 1 fully saturated rings. The van der Waals surface area contributed by atoms with E-state index in [1.54, 1.807) is 30.1 Å². The lowest BCUT2D eigenvalue weighted by atomic mass is 9.96. The van der Waals surface area contributed by atoms with Gasteiger partial charge in [-0.25, -0.2) is 0 Å². The van der Waals surface area contributed by atoms with Gasteiger partial charge >= 0.3 is 0 Å². The van der Waals surface area contributed by atoms with E-state index in [-0.39, 0.29) is 17.8 Å². The zero-order chi connectivity index (χ0) is 29.4. The fraction of sp³-hybridized carbons (Fsp3) is 0.125. The smallest absolute Gasteiger partial charge is 0.269 e. The minimum Gasteiger partial charge on any atom is -0.351 e. The van der Waals surface area contributed by atoms with E-state index in [1.807, 2.05) is 54.6 Å². The number of nitro groups is 1. The zero-order valence-corrected chi connectivity index (χ0v) is 25.2. The molecular weight excluding hydrogens is 586 g/mol. The highest BCUT2D eigenvalue weighted by Crippen LogP contribution is 2.44. The van der Waals surface area contributed by atoms with Crippen LogP contribution < -0.4 is 10.2 Å². The summed E-state index contributed by atoms with van der Waals surface area (Å²) in [5.41, 5.74) is 6.14. The maximum absolute atomic E-state index is 11.0. The lowest BCUT2D eigenvalue weighted by Crippen LogP contribution is -2.29. The van der Waals surface area contributed by atoms with E-state index in [0.29, 0.717) is 10.1 Å². The van der Waals surface area contributed by atoms with Crippen LogP contribution in [-0.2, 0) is 0 Å². The van der Waals surface area contributed by atoms with Gasteiger partial charge in [0.1, 0.15) is 0 Å². The van der Waals surface area contributed by atoms with Crippen molar-refractivity contribution < 1.29 is 4.92 Å². The number of benzene rings is 3. The van der Waals surface area contributed by atoms with E-state index in [9.17, 15) is 10.1 Å². The molecule has 0 amide bonds. The van der Waals surface area contributed by atoms with Crippen molar-refractivity contribution in [3.63, 3.8) is 0 Å². The number of nitro benzene ring substituents is 1. The molecule has 3 heterocycles. The molecule has 10 heteroatoms. The van der Waals surface area contributed by atoms with Crippen LogP contribution in [0.1, 0.15) is 34.7 Å². The Hall–Kier alpha value is -4.18. The molecule has 42 heavy (non-hydrogen) atoms. The Morgan fingerprint density at radius 1 is 0.952 bits per heavy atom. The number of thiocarbonyl (C=S) groups is 1. The van der Waals surface area contributed by atoms with Gasteiger partial charge in [-0.1, -0.05) is 41.6 Å². The Bertz CT molecular complexity index is 1780. The van der Waals surface area contributed by atoms with Crippen LogP contribution in [0.15, 0.2) is 113 Å². The van der Waals surface area contributed by atoms with Gasteiger partial charge in [-0.2, -0.15) is 0 Å². The second-order valence-corrected chi connectivity index (χ2v) is 11.9. The first kappa shape index (κ1) is 28.0. The first-order chi connectivity index (χ1) is 20.3. The Kier molecular flexibility index (Phi) is 7.72. The maximum atomic E-state index is 11.0. The predicted molar refractivity (Wildman–Crippen MR) is 172 cm³/mol. The molecule has 2 aromatic heterocycles. The van der Waals surface area contributed by atoms with Gasteiger partial charge in [0, 0.05) is 45.2 Å². The fourth-order valence-corrected chi connectivity index (χ4v) is 6.87. The van der Waals surface area contributed by atoms with Gasteiger partial charge in [0.25, 0.3) is 5.69 Å². The minimum atomic E-state index is -0.392. The van der Waals surface area contributed by atoms with Crippen molar-refractivity contribution in [1.29, 1.82) is 0 Å². The molecule has 1 N–H and O–H groups in total. The summed E-state index contributed by atoms with van der Waals surface area (Å²) in [6.07, 6.45) is 1.80. The fourth-order valence-electron chi connectivity index (χ4n) is 5.49. The summed E-state index contributed by atoms with van der Waals surface area (Å²) in [7, 11) is 0. The molecule has 0 radical (unpaired) electrons. The van der Waals surface area contributed by atoms with Gasteiger partial charge in [-0.3, -0.25) is 15.1 Å². The first-order valence-electron chi connectivity index (χ1n) is 13.3. The predicted octanol–water partition coefficient (Wildman–Crippen LogP) is 8.38. The van der Waals surface area contributed by atoms with Gasteiger partial charge < -0.3 is 14.8 Å². The Balaban J connectivity index is 1.38. The van der Waals surface area contributed by atoms with Crippen LogP contribution in [0.25, 0.3) is 5.69 Å². The summed E-state index contributed by atoms with van der Waals surface area (Å²) >= 11 is 14.1. The molecule has 2 atom stereocenters. The average molecular weight is 612 g/mol. The number of hydrogen-bond acceptors (Lipinski definition) is 5. The number of halogens is 1. The molecular formula is C32H26ClN5O2S2. The second kappa shape index (κ2) is 11.6. The highest BCUT2D eigenvalue weighted by molar-refractivity contribution is 7.99. The monoisotopic (exact) mass is 611 g/mol. The maximum Gasteiger partial charge on any atom is 0.269 e. The van der Waals surface area contributed by atoms with Crippen LogP contribution in [-0.4, -0.2) is 19.6 Å². The number of hydrogen-bond donors (Lipinski definition) is 1. The van der Waals surface area contributed by atoms with Crippen molar-refractivity contribution in [2.45, 2.75) is 35.7 Å². The van der Waals surface area contributed by atoms with Gasteiger partial charge in [-0.05, 0) is 98.4 Å². The Labute approximate surface area is 258 Å². The number of aromatic nitrogens is 2. The third-order valence-corrected chi connectivity index (χ3v) is 9.03. The Morgan fingerprint density at radius 3 is 2.26 bits per heavy atom. The first-order valence-corrected chi connectivity index (χ1v) is 14.9. The number of non-ortho nitro benzene ring substituents is 1. The highest BCUT2D eigenvalue weighted by Gasteiger charge is 2.42. The molecule has 1 saturated heterocycles. The van der Waals surface area contributed by atoms with Crippen molar-refractivity contribution >= 4 is 52.1 Å². The van der Waals surface area contributed by atoms with Crippen LogP contribution in [0.3, 0.4) is 0 Å². The highest BCUT2D eigenvalue weighted by atomic mass is 35.5. The molecule has 0 aliphatic carbocycles. The van der Waals surface area contributed by atoms with Crippen LogP contribution in [0.5, 0.6) is 0 Å². The minimum absolute atomic E-state index is 0.0761. The number of para-hydroxylation sites is 1. The molecule has 5 aromatic rings. The van der Waals surface area contributed by atoms with Crippen molar-refractivity contribution in [2.75, 3.05) is 4.90 Å². The van der Waals surface area contributed by atoms with Crippen molar-refractivity contribution in [3.8, 4) is 5.69 Å². The molecule has 1 aliphatic rings. The molecule has 3 aromatic carbocycles. The number of rotatable bonds is 7. The van der Waals surface area contributed by atoms with Crippen LogP contribution in [0.2, 0.25) is 5.02 Å². The van der Waals surface area contributed by atoms with Gasteiger partial charge in [0.2, 0.25) is 0 Å². The second-order valence-electron chi connectivity index (χ2n) is 9.96. The third-order valence-electron chi connectivity index (χ3n) is 7.38. The number of pyridine rings is 1. The molecule has 6 rings (SSSR count). The van der Waals surface area contributed by atoms with Crippen molar-refractivity contribution in [2.24, 2.45) is 0 Å². The lowest BCUT2D eigenvalue weighted by Gasteiger charge is -2.28. The number of aryl methyl sites for hydroxylation is 1. The standard InChI is InChI=1S/C32H26ClN5O2S2/c1-20-19-26(21(2)36(20)29-9-4-3-7-27(29)33)31-30(28-8-5-6-18-34-28)35-32(41)37(31)22-10-14-24(15-11-22)42-25-16-12-23(13-17-25)38(39)40/h3-19,30-31H,1-2H3,(H,35,41)/t30-,31+/m1/s1. The zero-order valence-electron chi connectivity index (χ0n) is 22.8. The summed E-state index contributed by atoms with van der Waals surface area (Å²) in [5, 5.41) is 15.8. The third kappa shape index (κ3) is 5.27. The Morgan fingerprint density at radius 2 is 1.62 bits per heavy atom. The lowest BCUT2D eigenvalue weighted by molar-refractivity contribution is -0.384. The molecule has 1 aliphatic heterocycles. The van der Waals surface area contributed by atoms with E-state index in [1.165, 1.54) is 12.1 Å². The summed E-state index contributed by atoms with van der Waals surface area (Å²) in [4.78, 5) is 19.4. The molecule has 7 nitrogen and oxygen atoms in total. The van der Waals surface area contributed by atoms with E-state index in [4.69, 9.17) is 23.8 Å². The van der Waals surface area contributed by atoms with E-state index >= 15 is 0 Å². The number of nitrogens with one attached hydrogen (secondary N) is 1. The quantitative estimate of drug-likeness (QED) is 0.112.